The smallest absolute Gasteiger partial charge is 0.324 e. The van der Waals surface area contributed by atoms with Crippen LogP contribution in [0, 0.1) is 0 Å². The maximum Gasteiger partial charge on any atom is 0.324 e. The number of carbonyl (C=O) groups excluding carboxylic acids is 1. The minimum Gasteiger partial charge on any atom is -0.468 e. The summed E-state index contributed by atoms with van der Waals surface area (Å²) in [6.45, 7) is 2.55. The number of carbonyl (C=O) groups is 1. The Bertz CT molecular complexity index is 149. The Hall–Kier alpha value is -0.610. The SMILES string of the molecule is COC(=O)[C@@H]1CNCCN1C. The number of methoxy groups -OCH3 is 1. The molecule has 0 aliphatic carbocycles. The minimum absolute atomic E-state index is 0.103. The van der Waals surface area contributed by atoms with Crippen LogP contribution in [0.1, 0.15) is 0 Å². The highest BCUT2D eigenvalue weighted by molar-refractivity contribution is 5.76. The molecule has 1 rings (SSSR count). The van der Waals surface area contributed by atoms with Crippen molar-refractivity contribution in [3.8, 4) is 0 Å². The summed E-state index contributed by atoms with van der Waals surface area (Å²) in [6, 6.07) is -0.103. The molecule has 0 spiro atoms. The number of rotatable bonds is 1. The van der Waals surface area contributed by atoms with Gasteiger partial charge >= 0.3 is 5.97 Å². The van der Waals surface area contributed by atoms with Crippen molar-refractivity contribution in [1.29, 1.82) is 0 Å². The fraction of sp³-hybridized carbons (Fsp3) is 0.857. The summed E-state index contributed by atoms with van der Waals surface area (Å²) >= 11 is 0. The van der Waals surface area contributed by atoms with Crippen molar-refractivity contribution in [3.63, 3.8) is 0 Å². The summed E-state index contributed by atoms with van der Waals surface area (Å²) in [5.74, 6) is -0.153. The molecule has 1 fully saturated rings. The largest absolute Gasteiger partial charge is 0.468 e. The van der Waals surface area contributed by atoms with Crippen LogP contribution in [0.4, 0.5) is 0 Å². The number of hydrogen-bond donors (Lipinski definition) is 1. The maximum atomic E-state index is 11.1. The molecule has 0 bridgehead atoms. The van der Waals surface area contributed by atoms with E-state index in [-0.39, 0.29) is 12.0 Å². The first-order valence-corrected chi connectivity index (χ1v) is 3.74. The Labute approximate surface area is 66.5 Å². The van der Waals surface area contributed by atoms with Gasteiger partial charge < -0.3 is 10.1 Å². The predicted molar refractivity (Wildman–Crippen MR) is 41.3 cm³/mol. The molecule has 1 saturated heterocycles. The van der Waals surface area contributed by atoms with E-state index in [2.05, 4.69) is 10.1 Å². The quantitative estimate of drug-likeness (QED) is 0.500. The third kappa shape index (κ3) is 1.91. The lowest BCUT2D eigenvalue weighted by Crippen LogP contribution is -2.53. The first-order chi connectivity index (χ1) is 5.25. The molecule has 0 unspecified atom stereocenters. The molecule has 0 aromatic heterocycles. The molecular weight excluding hydrogens is 144 g/mol. The number of ether oxygens (including phenoxy) is 1. The molecule has 1 heterocycles. The standard InChI is InChI=1S/C7H14N2O2/c1-9-4-3-8-5-6(9)7(10)11-2/h6,8H,3-5H2,1-2H3/t6-/m0/s1. The average molecular weight is 158 g/mol. The van der Waals surface area contributed by atoms with Crippen LogP contribution in [0.25, 0.3) is 0 Å². The fourth-order valence-electron chi connectivity index (χ4n) is 1.21. The number of hydrogen-bond acceptors (Lipinski definition) is 4. The number of likely N-dealkylation sites (N-methyl/N-ethyl adjacent to an activating group) is 1. The molecule has 1 aliphatic heterocycles. The molecule has 1 atom stereocenters. The normalized spacial score (nSPS) is 26.5. The monoisotopic (exact) mass is 158 g/mol. The van der Waals surface area contributed by atoms with Crippen molar-refractivity contribution >= 4 is 5.97 Å². The van der Waals surface area contributed by atoms with E-state index < -0.39 is 0 Å². The molecule has 1 N–H and O–H groups in total. The van der Waals surface area contributed by atoms with E-state index in [0.29, 0.717) is 6.54 Å². The van der Waals surface area contributed by atoms with Gasteiger partial charge in [-0.15, -0.1) is 0 Å². The van der Waals surface area contributed by atoms with Crippen LogP contribution in [0.15, 0.2) is 0 Å². The van der Waals surface area contributed by atoms with Gasteiger partial charge in [0.2, 0.25) is 0 Å². The zero-order valence-electron chi connectivity index (χ0n) is 6.96. The van der Waals surface area contributed by atoms with E-state index in [1.165, 1.54) is 7.11 Å². The Kier molecular flexibility index (Phi) is 2.84. The van der Waals surface area contributed by atoms with Gasteiger partial charge in [-0.1, -0.05) is 0 Å². The summed E-state index contributed by atoms with van der Waals surface area (Å²) in [6.07, 6.45) is 0. The van der Waals surface area contributed by atoms with Crippen LogP contribution >= 0.6 is 0 Å². The van der Waals surface area contributed by atoms with Gasteiger partial charge in [-0.05, 0) is 7.05 Å². The van der Waals surface area contributed by atoms with Crippen molar-refractivity contribution in [2.75, 3.05) is 33.8 Å². The number of piperazine rings is 1. The molecule has 0 saturated carbocycles. The minimum atomic E-state index is -0.153. The molecule has 0 aromatic carbocycles. The molecular formula is C7H14N2O2. The van der Waals surface area contributed by atoms with E-state index in [4.69, 9.17) is 0 Å². The predicted octanol–water partition coefficient (Wildman–Crippen LogP) is -0.937. The molecule has 0 radical (unpaired) electrons. The Morgan fingerprint density at radius 1 is 1.73 bits per heavy atom. The van der Waals surface area contributed by atoms with Gasteiger partial charge in [0.05, 0.1) is 7.11 Å². The lowest BCUT2D eigenvalue weighted by Gasteiger charge is -2.30. The Morgan fingerprint density at radius 2 is 2.45 bits per heavy atom. The van der Waals surface area contributed by atoms with Gasteiger partial charge in [-0.2, -0.15) is 0 Å². The van der Waals surface area contributed by atoms with E-state index in [9.17, 15) is 4.79 Å². The molecule has 1 aliphatic rings. The van der Waals surface area contributed by atoms with Crippen LogP contribution in [0.5, 0.6) is 0 Å². The number of nitrogens with one attached hydrogen (secondary N) is 1. The lowest BCUT2D eigenvalue weighted by molar-refractivity contribution is -0.146. The third-order valence-corrected chi connectivity index (χ3v) is 1.98. The summed E-state index contributed by atoms with van der Waals surface area (Å²) < 4.78 is 4.64. The summed E-state index contributed by atoms with van der Waals surface area (Å²) in [5.41, 5.74) is 0. The fourth-order valence-corrected chi connectivity index (χ4v) is 1.21. The Morgan fingerprint density at radius 3 is 3.00 bits per heavy atom. The first-order valence-electron chi connectivity index (χ1n) is 3.74. The highest BCUT2D eigenvalue weighted by Gasteiger charge is 2.25. The summed E-state index contributed by atoms with van der Waals surface area (Å²) in [7, 11) is 3.35. The van der Waals surface area contributed by atoms with E-state index in [1.54, 1.807) is 0 Å². The molecule has 11 heavy (non-hydrogen) atoms. The molecule has 4 heteroatoms. The lowest BCUT2D eigenvalue weighted by atomic mass is 10.2. The molecule has 64 valence electrons. The molecule has 0 amide bonds. The second kappa shape index (κ2) is 3.69. The van der Waals surface area contributed by atoms with Gasteiger partial charge in [0.25, 0.3) is 0 Å². The van der Waals surface area contributed by atoms with Crippen LogP contribution in [0.2, 0.25) is 0 Å². The van der Waals surface area contributed by atoms with Crippen LogP contribution < -0.4 is 5.32 Å². The Balaban J connectivity index is 2.47. The van der Waals surface area contributed by atoms with E-state index in [0.717, 1.165) is 13.1 Å². The van der Waals surface area contributed by atoms with Crippen molar-refractivity contribution in [2.24, 2.45) is 0 Å². The highest BCUT2D eigenvalue weighted by Crippen LogP contribution is 2.00. The van der Waals surface area contributed by atoms with Crippen LogP contribution in [-0.4, -0.2) is 50.7 Å². The van der Waals surface area contributed by atoms with Gasteiger partial charge in [0.1, 0.15) is 6.04 Å². The van der Waals surface area contributed by atoms with Gasteiger partial charge in [0, 0.05) is 19.6 Å². The number of nitrogens with zero attached hydrogens (tertiary/aromatic N) is 1. The second-order valence-electron chi connectivity index (χ2n) is 2.72. The van der Waals surface area contributed by atoms with Crippen molar-refractivity contribution in [3.05, 3.63) is 0 Å². The van der Waals surface area contributed by atoms with Crippen LogP contribution in [-0.2, 0) is 9.53 Å². The van der Waals surface area contributed by atoms with Gasteiger partial charge in [-0.25, -0.2) is 0 Å². The zero-order chi connectivity index (χ0) is 8.27. The van der Waals surface area contributed by atoms with E-state index in [1.807, 2.05) is 11.9 Å². The first kappa shape index (κ1) is 8.49. The number of esters is 1. The highest BCUT2D eigenvalue weighted by atomic mass is 16.5. The van der Waals surface area contributed by atoms with Crippen molar-refractivity contribution < 1.29 is 9.53 Å². The van der Waals surface area contributed by atoms with Crippen molar-refractivity contribution in [2.45, 2.75) is 6.04 Å². The van der Waals surface area contributed by atoms with Crippen molar-refractivity contribution in [1.82, 2.24) is 10.2 Å². The second-order valence-corrected chi connectivity index (χ2v) is 2.72. The average Bonchev–Trinajstić information content (AvgIpc) is 2.04. The van der Waals surface area contributed by atoms with Crippen LogP contribution in [0.3, 0.4) is 0 Å². The topological polar surface area (TPSA) is 41.6 Å². The maximum absolute atomic E-state index is 11.1. The molecule has 0 aromatic rings. The molecule has 4 nitrogen and oxygen atoms in total. The third-order valence-electron chi connectivity index (χ3n) is 1.98. The van der Waals surface area contributed by atoms with Gasteiger partial charge in [-0.3, -0.25) is 9.69 Å². The summed E-state index contributed by atoms with van der Waals surface area (Å²) in [4.78, 5) is 13.1. The van der Waals surface area contributed by atoms with E-state index >= 15 is 0 Å². The zero-order valence-corrected chi connectivity index (χ0v) is 6.96. The summed E-state index contributed by atoms with van der Waals surface area (Å²) in [5, 5.41) is 3.14. The van der Waals surface area contributed by atoms with Gasteiger partial charge in [0.15, 0.2) is 0 Å².